The molecule has 0 aliphatic heterocycles. The Bertz CT molecular complexity index is 2400. The quantitative estimate of drug-likeness (QED) is 0.0284. The molecule has 28 N–H and O–H groups in total. The molecule has 31 heteroatoms. The molecule has 3 aromatic rings. The van der Waals surface area contributed by atoms with Crippen molar-refractivity contribution < 1.29 is 43.5 Å². The zero-order valence-corrected chi connectivity index (χ0v) is 33.6. The van der Waals surface area contributed by atoms with Crippen molar-refractivity contribution in [2.75, 3.05) is 0 Å². The van der Waals surface area contributed by atoms with Crippen molar-refractivity contribution in [1.82, 2.24) is 42.2 Å². The Labute approximate surface area is 365 Å². The fraction of sp³-hybridized carbons (Fsp3) is 0.206. The van der Waals surface area contributed by atoms with Crippen molar-refractivity contribution in [3.05, 3.63) is 78.0 Å². The van der Waals surface area contributed by atoms with Crippen LogP contribution in [0.5, 0.6) is 0 Å². The molecule has 8 amide bonds. The van der Waals surface area contributed by atoms with Gasteiger partial charge in [0.05, 0.1) is 5.52 Å². The summed E-state index contributed by atoms with van der Waals surface area (Å²) in [6.45, 7) is 0. The van der Waals surface area contributed by atoms with Gasteiger partial charge in [-0.05, 0) is 17.7 Å². The van der Waals surface area contributed by atoms with E-state index in [1.165, 1.54) is 30.3 Å². The first-order chi connectivity index (χ1) is 30.6. The smallest absolute Gasteiger partial charge is 0.272 e. The number of carbonyl (C=O) groups excluding carboxylic acids is 8. The fourth-order valence-corrected chi connectivity index (χ4v) is 5.01. The molecule has 1 aromatic heterocycles. The average Bonchev–Trinajstić information content (AvgIpc) is 3.23. The molecule has 0 aliphatic carbocycles. The molecule has 65 heavy (non-hydrogen) atoms. The summed E-state index contributed by atoms with van der Waals surface area (Å²) in [7, 11) is 0. The molecule has 0 aliphatic rings. The molecule has 7 unspecified atom stereocenters. The molecule has 0 bridgehead atoms. The number of carbonyl (C=O) groups is 8. The first-order valence-electron chi connectivity index (χ1n) is 18.2. The number of fused-ring (bicyclic) bond motifs is 1. The second-order valence-electron chi connectivity index (χ2n) is 12.9. The van der Waals surface area contributed by atoms with E-state index in [9.17, 15) is 43.5 Å². The van der Waals surface area contributed by atoms with E-state index >= 15 is 0 Å². The Kier molecular flexibility index (Phi) is 17.7. The molecule has 31 nitrogen and oxygen atoms in total. The van der Waals surface area contributed by atoms with E-state index in [0.717, 1.165) is 0 Å². The molecule has 0 spiro atoms. The summed E-state index contributed by atoms with van der Waals surface area (Å²) in [5.74, 6) is -13.4. The van der Waals surface area contributed by atoms with Gasteiger partial charge in [0.1, 0.15) is 11.7 Å². The number of hydrogen-bond donors (Lipinski definition) is 18. The number of nitrogens with zero attached hydrogens (tertiary/aromatic N) is 5. The van der Waals surface area contributed by atoms with Crippen LogP contribution in [0.1, 0.15) is 22.1 Å². The normalized spacial score (nSPS) is 13.7. The van der Waals surface area contributed by atoms with Crippen molar-refractivity contribution >= 4 is 82.0 Å². The van der Waals surface area contributed by atoms with Crippen molar-refractivity contribution in [3.8, 4) is 0 Å². The second kappa shape index (κ2) is 23.0. The molecule has 0 fully saturated rings. The summed E-state index contributed by atoms with van der Waals surface area (Å²) >= 11 is 0. The van der Waals surface area contributed by atoms with Gasteiger partial charge in [-0.3, -0.25) is 38.4 Å². The van der Waals surface area contributed by atoms with Gasteiger partial charge in [0.25, 0.3) is 41.4 Å². The lowest BCUT2D eigenvalue weighted by molar-refractivity contribution is -0.136. The summed E-state index contributed by atoms with van der Waals surface area (Å²) in [4.78, 5) is 123. The highest BCUT2D eigenvalue weighted by Gasteiger charge is 2.34. The van der Waals surface area contributed by atoms with Crippen LogP contribution >= 0.6 is 0 Å². The van der Waals surface area contributed by atoms with Crippen LogP contribution in [0.25, 0.3) is 10.9 Å². The van der Waals surface area contributed by atoms with Gasteiger partial charge in [-0.15, -0.1) is 0 Å². The largest absolute Gasteiger partial charge is 0.370 e. The van der Waals surface area contributed by atoms with Crippen LogP contribution in [0.3, 0.4) is 0 Å². The zero-order chi connectivity index (χ0) is 48.5. The molecule has 0 saturated carbocycles. The fourth-order valence-electron chi connectivity index (χ4n) is 5.01. The number of nitrogens with two attached hydrogens (primary N) is 10. The molecule has 346 valence electrons. The van der Waals surface area contributed by atoms with Crippen molar-refractivity contribution in [2.45, 2.75) is 43.1 Å². The van der Waals surface area contributed by atoms with Gasteiger partial charge < -0.3 is 99.7 Å². The number of hydrogen-bond acceptors (Lipinski definition) is 15. The maximum atomic E-state index is 13.8. The van der Waals surface area contributed by atoms with Gasteiger partial charge in [0.15, 0.2) is 30.0 Å². The Balaban J connectivity index is 1.85. The number of guanidine groups is 4. The van der Waals surface area contributed by atoms with Gasteiger partial charge in [0.2, 0.25) is 36.8 Å². The van der Waals surface area contributed by atoms with E-state index in [0.29, 0.717) is 10.9 Å². The molecule has 3 rings (SSSR count). The first kappa shape index (κ1) is 50.0. The summed E-state index contributed by atoms with van der Waals surface area (Å²) in [6.07, 6.45) is -12.6. The number of rotatable bonds is 20. The number of para-hydroxylation sites is 1. The molecule has 7 atom stereocenters. The van der Waals surface area contributed by atoms with Crippen molar-refractivity contribution in [1.29, 1.82) is 0 Å². The number of aliphatic imine (C=N–C) groups is 4. The zero-order valence-electron chi connectivity index (χ0n) is 33.6. The predicted octanol–water partition coefficient (Wildman–Crippen LogP) is -10.1. The van der Waals surface area contributed by atoms with Crippen molar-refractivity contribution in [2.24, 2.45) is 77.3 Å². The average molecular weight is 907 g/mol. The number of pyridine rings is 1. The maximum Gasteiger partial charge on any atom is 0.272 e. The minimum Gasteiger partial charge on any atom is -0.370 e. The molecule has 0 saturated heterocycles. The molecule has 1 heterocycles. The summed E-state index contributed by atoms with van der Waals surface area (Å²) < 4.78 is 0. The van der Waals surface area contributed by atoms with Crippen LogP contribution in [0.4, 0.5) is 0 Å². The lowest BCUT2D eigenvalue weighted by atomic mass is 10.1. The lowest BCUT2D eigenvalue weighted by Crippen LogP contribution is -2.60. The van der Waals surface area contributed by atoms with Crippen LogP contribution < -0.4 is 94.6 Å². The van der Waals surface area contributed by atoms with Crippen LogP contribution in [-0.2, 0) is 33.6 Å². The third-order valence-corrected chi connectivity index (χ3v) is 7.86. The first-order valence-corrected chi connectivity index (χ1v) is 18.2. The number of aliphatic hydroxyl groups excluding tert-OH is 1. The number of aromatic nitrogens is 1. The summed E-state index contributed by atoms with van der Waals surface area (Å²) in [6, 6.07) is 15.4. The van der Waals surface area contributed by atoms with Crippen LogP contribution in [-0.4, -0.2) is 118 Å². The maximum absolute atomic E-state index is 13.8. The topological polar surface area (TPSA) is 564 Å². The molecule has 2 aromatic carbocycles. The summed E-state index contributed by atoms with van der Waals surface area (Å²) in [5.41, 5.74) is 54.4. The van der Waals surface area contributed by atoms with Crippen molar-refractivity contribution in [3.63, 3.8) is 0 Å². The number of aliphatic hydroxyl groups is 1. The molecular weight excluding hydrogens is 861 g/mol. The van der Waals surface area contributed by atoms with Gasteiger partial charge >= 0.3 is 0 Å². The Morgan fingerprint density at radius 3 is 1.34 bits per heavy atom. The van der Waals surface area contributed by atoms with Gasteiger partial charge in [-0.25, -0.2) is 25.0 Å². The monoisotopic (exact) mass is 906 g/mol. The highest BCUT2D eigenvalue weighted by molar-refractivity contribution is 6.00. The van der Waals surface area contributed by atoms with E-state index in [4.69, 9.17) is 57.3 Å². The Morgan fingerprint density at radius 1 is 0.477 bits per heavy atom. The van der Waals surface area contributed by atoms with E-state index in [1.807, 2.05) is 21.3 Å². The Hall–Kier alpha value is -9.39. The van der Waals surface area contributed by atoms with E-state index in [1.54, 1.807) is 36.4 Å². The van der Waals surface area contributed by atoms with E-state index in [2.05, 4.69) is 40.9 Å². The van der Waals surface area contributed by atoms with Crippen LogP contribution in [0.2, 0.25) is 0 Å². The highest BCUT2D eigenvalue weighted by atomic mass is 16.3. The Morgan fingerprint density at radius 2 is 0.892 bits per heavy atom. The SMILES string of the molecule is NC(=O)C(N)NC(=O)C(N=C(N)N)NC(=O)C(N=C(N)N)NC(=O)C(N=C(N)N)NC(=O)C(N=C(N)N)NC(=O)C(NC(=O)C(O)NC(=O)c1ccc2ccccc2n1)c1ccccc1. The van der Waals surface area contributed by atoms with Gasteiger partial charge in [-0.1, -0.05) is 54.6 Å². The third-order valence-electron chi connectivity index (χ3n) is 7.86. The summed E-state index contributed by atoms with van der Waals surface area (Å²) in [5, 5.41) is 25.8. The second-order valence-corrected chi connectivity index (χ2v) is 12.9. The number of primary amides is 1. The molecule has 0 radical (unpaired) electrons. The lowest BCUT2D eigenvalue weighted by Gasteiger charge is -2.24. The van der Waals surface area contributed by atoms with Gasteiger partial charge in [-0.2, -0.15) is 0 Å². The highest BCUT2D eigenvalue weighted by Crippen LogP contribution is 2.15. The third kappa shape index (κ3) is 15.5. The minimum absolute atomic E-state index is 0.0778. The molecular formula is C34H46N22O9. The minimum atomic E-state index is -2.25. The van der Waals surface area contributed by atoms with E-state index < -0.39 is 114 Å². The number of amides is 8. The van der Waals surface area contributed by atoms with E-state index in [-0.39, 0.29) is 11.3 Å². The number of nitrogens with one attached hydrogen (secondary N) is 7. The number of benzene rings is 2. The standard InChI is InChI=1S/C34H46N22O9/c35-17(18(36)57)47-25(60)19(52-31(37)38)49-27(62)21(54-33(41)42)51-28(63)22(55-34(43)44)50-26(61)20(53-32(39)40)48-24(59)16(13-7-2-1-3-8-13)46-29(64)30(65)56-23(58)15-11-10-12-6-4-5-9-14(12)45-15/h1-11,16-17,19-22,30,65H,35H2,(H2,36,57)(H,46,64)(H,47,60)(H,48,59)(H,49,62)(H,50,61)(H,51,63)(H,56,58)(H4,37,38,52)(H4,39,40,53)(H4,41,42,54)(H4,43,44,55). The van der Waals surface area contributed by atoms with Crippen LogP contribution in [0, 0.1) is 0 Å². The predicted molar refractivity (Wildman–Crippen MR) is 229 cm³/mol. The van der Waals surface area contributed by atoms with Gasteiger partial charge in [0, 0.05) is 5.39 Å². The van der Waals surface area contributed by atoms with Crippen LogP contribution in [0.15, 0.2) is 86.7 Å².